The molecule has 0 bridgehead atoms. The zero-order chi connectivity index (χ0) is 25.3. The van der Waals surface area contributed by atoms with Gasteiger partial charge >= 0.3 is 0 Å². The molecule has 1 heterocycles. The lowest BCUT2D eigenvalue weighted by atomic mass is 10.1. The number of amides is 2. The Balaban J connectivity index is 2.20. The first kappa shape index (κ1) is 27.7. The van der Waals surface area contributed by atoms with Gasteiger partial charge in [-0.05, 0) is 59.9 Å². The Kier molecular flexibility index (Phi) is 10.9. The summed E-state index contributed by atoms with van der Waals surface area (Å²) < 4.78 is 10.8. The van der Waals surface area contributed by atoms with Gasteiger partial charge in [-0.25, -0.2) is 0 Å². The van der Waals surface area contributed by atoms with Crippen LogP contribution in [0.4, 0.5) is 0 Å². The van der Waals surface area contributed by atoms with Gasteiger partial charge in [0.25, 0.3) is 0 Å². The molecule has 2 rings (SSSR count). The van der Waals surface area contributed by atoms with Crippen molar-refractivity contribution in [1.29, 1.82) is 0 Å². The van der Waals surface area contributed by atoms with Gasteiger partial charge in [-0.3, -0.25) is 9.59 Å². The average molecular weight is 489 g/mol. The summed E-state index contributed by atoms with van der Waals surface area (Å²) in [5.41, 5.74) is 2.25. The molecular formula is C27H40N2O4S. The number of carbonyl (C=O) groups excluding carboxylic acids is 2. The molecule has 2 aromatic rings. The highest BCUT2D eigenvalue weighted by atomic mass is 32.1. The summed E-state index contributed by atoms with van der Waals surface area (Å²) in [5, 5.41) is 2.05. The van der Waals surface area contributed by atoms with Gasteiger partial charge in [0.1, 0.15) is 0 Å². The van der Waals surface area contributed by atoms with Crippen LogP contribution in [0.1, 0.15) is 50.1 Å². The van der Waals surface area contributed by atoms with Crippen molar-refractivity contribution in [3.05, 3.63) is 45.6 Å². The van der Waals surface area contributed by atoms with E-state index in [-0.39, 0.29) is 24.3 Å². The second-order valence-corrected chi connectivity index (χ2v) is 10.5. The fourth-order valence-electron chi connectivity index (χ4n) is 3.77. The molecule has 0 atom stereocenters. The summed E-state index contributed by atoms with van der Waals surface area (Å²) in [6, 6.07) is 7.92. The van der Waals surface area contributed by atoms with Crippen molar-refractivity contribution in [2.24, 2.45) is 11.8 Å². The first-order chi connectivity index (χ1) is 16.1. The van der Waals surface area contributed by atoms with Crippen molar-refractivity contribution >= 4 is 23.2 Å². The number of aryl methyl sites for hydroxylation is 1. The van der Waals surface area contributed by atoms with Crippen LogP contribution in [0.25, 0.3) is 0 Å². The smallest absolute Gasteiger partial charge is 0.242 e. The Hall–Kier alpha value is -2.54. The van der Waals surface area contributed by atoms with E-state index in [1.165, 1.54) is 10.4 Å². The third-order valence-electron chi connectivity index (χ3n) is 5.62. The van der Waals surface area contributed by atoms with E-state index in [9.17, 15) is 9.59 Å². The Morgan fingerprint density at radius 3 is 2.21 bits per heavy atom. The van der Waals surface area contributed by atoms with Crippen LogP contribution < -0.4 is 9.47 Å². The number of hydrogen-bond acceptors (Lipinski definition) is 5. The zero-order valence-electron chi connectivity index (χ0n) is 21.7. The molecule has 0 saturated heterocycles. The van der Waals surface area contributed by atoms with Crippen LogP contribution >= 0.6 is 11.3 Å². The number of carbonyl (C=O) groups is 2. The summed E-state index contributed by atoms with van der Waals surface area (Å²) in [6.07, 6.45) is 1.14. The molecule has 0 N–H and O–H groups in total. The molecule has 2 amide bonds. The van der Waals surface area contributed by atoms with Crippen molar-refractivity contribution in [3.63, 3.8) is 0 Å². The Labute approximate surface area is 208 Å². The summed E-state index contributed by atoms with van der Waals surface area (Å²) in [6.45, 7) is 12.1. The molecule has 0 aliphatic rings. The molecular weight excluding hydrogens is 448 g/mol. The molecule has 188 valence electrons. The minimum Gasteiger partial charge on any atom is -0.493 e. The molecule has 0 aliphatic heterocycles. The van der Waals surface area contributed by atoms with E-state index in [2.05, 4.69) is 32.2 Å². The summed E-state index contributed by atoms with van der Waals surface area (Å²) >= 11 is 1.66. The highest BCUT2D eigenvalue weighted by molar-refractivity contribution is 7.10. The number of rotatable bonds is 13. The maximum atomic E-state index is 13.5. The fraction of sp³-hybridized carbons (Fsp3) is 0.556. The van der Waals surface area contributed by atoms with Crippen molar-refractivity contribution < 1.29 is 19.1 Å². The summed E-state index contributed by atoms with van der Waals surface area (Å²) in [4.78, 5) is 31.1. The lowest BCUT2D eigenvalue weighted by molar-refractivity contribution is -0.141. The first-order valence-corrected chi connectivity index (χ1v) is 12.8. The number of methoxy groups -OCH3 is 2. The van der Waals surface area contributed by atoms with Crippen LogP contribution in [-0.2, 0) is 22.6 Å². The standard InChI is InChI=1S/C27H40N2O4S/c1-19(2)14-26(30)29(16-20(3)4)18-27(31)28(17-25-21(5)11-13-34-25)12-10-22-8-9-23(32-6)24(15-22)33-7/h8-9,11,13,15,19-20H,10,12,14,16-18H2,1-7H3. The average Bonchev–Trinajstić information content (AvgIpc) is 3.19. The number of nitrogens with zero attached hydrogens (tertiary/aromatic N) is 2. The van der Waals surface area contributed by atoms with E-state index in [1.807, 2.05) is 36.9 Å². The molecule has 1 aromatic heterocycles. The maximum absolute atomic E-state index is 13.5. The molecule has 0 radical (unpaired) electrons. The zero-order valence-corrected chi connectivity index (χ0v) is 22.5. The molecule has 0 spiro atoms. The van der Waals surface area contributed by atoms with Gasteiger partial charge in [0, 0.05) is 24.4 Å². The van der Waals surface area contributed by atoms with Gasteiger partial charge in [-0.1, -0.05) is 33.8 Å². The lowest BCUT2D eigenvalue weighted by Gasteiger charge is -2.29. The van der Waals surface area contributed by atoms with Gasteiger partial charge in [0.15, 0.2) is 11.5 Å². The third kappa shape index (κ3) is 8.35. The topological polar surface area (TPSA) is 59.1 Å². The minimum absolute atomic E-state index is 0.0222. The van der Waals surface area contributed by atoms with E-state index < -0.39 is 0 Å². The molecule has 34 heavy (non-hydrogen) atoms. The second-order valence-electron chi connectivity index (χ2n) is 9.55. The van der Waals surface area contributed by atoms with Gasteiger partial charge in [-0.15, -0.1) is 11.3 Å². The van der Waals surface area contributed by atoms with Gasteiger partial charge in [0.05, 0.1) is 27.3 Å². The first-order valence-electron chi connectivity index (χ1n) is 11.9. The number of thiophene rings is 1. The highest BCUT2D eigenvalue weighted by Crippen LogP contribution is 2.28. The second kappa shape index (κ2) is 13.4. The third-order valence-corrected chi connectivity index (χ3v) is 6.63. The van der Waals surface area contributed by atoms with Crippen LogP contribution in [0.2, 0.25) is 0 Å². The van der Waals surface area contributed by atoms with Gasteiger partial charge in [0.2, 0.25) is 11.8 Å². The highest BCUT2D eigenvalue weighted by Gasteiger charge is 2.23. The molecule has 7 heteroatoms. The Morgan fingerprint density at radius 1 is 0.941 bits per heavy atom. The quantitative estimate of drug-likeness (QED) is 0.390. The van der Waals surface area contributed by atoms with Crippen LogP contribution in [0.3, 0.4) is 0 Å². The van der Waals surface area contributed by atoms with Crippen molar-refractivity contribution in [2.75, 3.05) is 33.9 Å². The Morgan fingerprint density at radius 2 is 1.65 bits per heavy atom. The van der Waals surface area contributed by atoms with E-state index in [4.69, 9.17) is 9.47 Å². The number of hydrogen-bond donors (Lipinski definition) is 0. The van der Waals surface area contributed by atoms with Crippen LogP contribution in [0.5, 0.6) is 11.5 Å². The van der Waals surface area contributed by atoms with E-state index in [1.54, 1.807) is 30.5 Å². The van der Waals surface area contributed by atoms with E-state index >= 15 is 0 Å². The van der Waals surface area contributed by atoms with Crippen molar-refractivity contribution in [3.8, 4) is 11.5 Å². The lowest BCUT2D eigenvalue weighted by Crippen LogP contribution is -2.44. The van der Waals surface area contributed by atoms with Crippen molar-refractivity contribution in [2.45, 2.75) is 54.0 Å². The molecule has 0 aliphatic carbocycles. The van der Waals surface area contributed by atoms with E-state index in [0.29, 0.717) is 49.9 Å². The maximum Gasteiger partial charge on any atom is 0.242 e. The van der Waals surface area contributed by atoms with Gasteiger partial charge in [-0.2, -0.15) is 0 Å². The SMILES string of the molecule is COc1ccc(CCN(Cc2sccc2C)C(=O)CN(CC(C)C)C(=O)CC(C)C)cc1OC. The Bertz CT molecular complexity index is 938. The van der Waals surface area contributed by atoms with Crippen LogP contribution in [-0.4, -0.2) is 55.5 Å². The number of benzene rings is 1. The molecule has 1 aromatic carbocycles. The fourth-order valence-corrected chi connectivity index (χ4v) is 4.69. The monoisotopic (exact) mass is 488 g/mol. The van der Waals surface area contributed by atoms with E-state index in [0.717, 1.165) is 5.56 Å². The van der Waals surface area contributed by atoms with Gasteiger partial charge < -0.3 is 19.3 Å². The summed E-state index contributed by atoms with van der Waals surface area (Å²) in [5.74, 6) is 1.93. The minimum atomic E-state index is -0.0222. The summed E-state index contributed by atoms with van der Waals surface area (Å²) in [7, 11) is 3.24. The van der Waals surface area contributed by atoms with Crippen LogP contribution in [0, 0.1) is 18.8 Å². The van der Waals surface area contributed by atoms with Crippen molar-refractivity contribution in [1.82, 2.24) is 9.80 Å². The molecule has 6 nitrogen and oxygen atoms in total. The number of ether oxygens (including phenoxy) is 2. The normalized spacial score (nSPS) is 11.1. The molecule has 0 fully saturated rings. The predicted molar refractivity (Wildman–Crippen MR) is 139 cm³/mol. The van der Waals surface area contributed by atoms with Crippen LogP contribution in [0.15, 0.2) is 29.6 Å². The molecule has 0 unspecified atom stereocenters. The predicted octanol–water partition coefficient (Wildman–Crippen LogP) is 5.18. The largest absolute Gasteiger partial charge is 0.493 e. The molecule has 0 saturated carbocycles.